The van der Waals surface area contributed by atoms with Crippen LogP contribution in [0.5, 0.6) is 11.5 Å². The van der Waals surface area contributed by atoms with Crippen LogP contribution in [0.2, 0.25) is 0 Å². The molecule has 4 rings (SSSR count). The smallest absolute Gasteiger partial charge is 0.346 e. The lowest BCUT2D eigenvalue weighted by Gasteiger charge is -2.45. The fourth-order valence-corrected chi connectivity index (χ4v) is 7.35. The number of para-hydroxylation sites is 1. The van der Waals surface area contributed by atoms with Crippen LogP contribution in [0.4, 0.5) is 5.69 Å². The number of amides is 1. The number of anilines is 1. The van der Waals surface area contributed by atoms with Crippen molar-refractivity contribution in [3.63, 3.8) is 0 Å². The topological polar surface area (TPSA) is 91.4 Å². The fraction of sp³-hybridized carbons (Fsp3) is 0.286. The maximum Gasteiger partial charge on any atom is 0.346 e. The van der Waals surface area contributed by atoms with Crippen molar-refractivity contribution in [2.75, 3.05) is 32.8 Å². The number of nitrogens with zero attached hydrogens (tertiary/aromatic N) is 1. The molecule has 0 atom stereocenters. The number of hydrogen-bond donors (Lipinski definition) is 0. The van der Waals surface area contributed by atoms with Crippen LogP contribution >= 0.6 is 35.7 Å². The first-order chi connectivity index (χ1) is 18.6. The highest BCUT2D eigenvalue weighted by Crippen LogP contribution is 2.57. The van der Waals surface area contributed by atoms with Gasteiger partial charge in [0.25, 0.3) is 5.91 Å². The molecule has 39 heavy (non-hydrogen) atoms. The van der Waals surface area contributed by atoms with Crippen LogP contribution in [0, 0.1) is 0 Å². The lowest BCUT2D eigenvalue weighted by molar-refractivity contribution is -0.138. The molecule has 0 fully saturated rings. The largest absolute Gasteiger partial charge is 0.497 e. The van der Waals surface area contributed by atoms with E-state index >= 15 is 0 Å². The van der Waals surface area contributed by atoms with E-state index < -0.39 is 17.5 Å². The van der Waals surface area contributed by atoms with Crippen molar-refractivity contribution in [1.29, 1.82) is 0 Å². The molecular formula is C28H27NO7S3. The van der Waals surface area contributed by atoms with Gasteiger partial charge in [-0.25, -0.2) is 9.59 Å². The molecule has 0 radical (unpaired) electrons. The van der Waals surface area contributed by atoms with Crippen LogP contribution in [0.15, 0.2) is 56.5 Å². The van der Waals surface area contributed by atoms with Gasteiger partial charge in [0.1, 0.15) is 21.3 Å². The average molecular weight is 586 g/mol. The zero-order valence-corrected chi connectivity index (χ0v) is 24.7. The molecule has 0 aliphatic carbocycles. The maximum absolute atomic E-state index is 14.1. The number of ether oxygens (including phenoxy) is 4. The minimum absolute atomic E-state index is 0.122. The SMILES string of the molecule is CCOc1cccc2c1N(C(=O)c1ccc(OC)cc1)C(C)(C)C(=S)C2=C1SC(C(=O)OC)=C(C(=O)OC)S1. The first kappa shape index (κ1) is 28.7. The van der Waals surface area contributed by atoms with Crippen molar-refractivity contribution in [3.05, 3.63) is 67.6 Å². The highest BCUT2D eigenvalue weighted by Gasteiger charge is 2.47. The second kappa shape index (κ2) is 11.4. The zero-order chi connectivity index (χ0) is 28.5. The van der Waals surface area contributed by atoms with Gasteiger partial charge in [0.05, 0.1) is 48.3 Å². The summed E-state index contributed by atoms with van der Waals surface area (Å²) in [5, 5.41) is 0. The van der Waals surface area contributed by atoms with Crippen molar-refractivity contribution in [3.8, 4) is 11.5 Å². The molecule has 2 aromatic rings. The summed E-state index contributed by atoms with van der Waals surface area (Å²) in [5.41, 5.74) is 1.30. The van der Waals surface area contributed by atoms with E-state index in [-0.39, 0.29) is 15.7 Å². The molecule has 11 heteroatoms. The predicted octanol–water partition coefficient (Wildman–Crippen LogP) is 5.61. The summed E-state index contributed by atoms with van der Waals surface area (Å²) in [6.45, 7) is 5.97. The van der Waals surface area contributed by atoms with E-state index in [1.165, 1.54) is 14.2 Å². The first-order valence-electron chi connectivity index (χ1n) is 11.9. The lowest BCUT2D eigenvalue weighted by atomic mass is 9.82. The average Bonchev–Trinajstić information content (AvgIpc) is 3.38. The molecule has 0 spiro atoms. The van der Waals surface area contributed by atoms with Gasteiger partial charge in [-0.2, -0.15) is 0 Å². The Labute approximate surface area is 240 Å². The molecule has 2 aliphatic rings. The number of esters is 2. The van der Waals surface area contributed by atoms with Gasteiger partial charge in [-0.05, 0) is 51.1 Å². The quantitative estimate of drug-likeness (QED) is 0.242. The Hall–Kier alpha value is -3.28. The number of methoxy groups -OCH3 is 3. The molecule has 204 valence electrons. The van der Waals surface area contributed by atoms with Crippen molar-refractivity contribution in [2.45, 2.75) is 26.3 Å². The van der Waals surface area contributed by atoms with Gasteiger partial charge in [0, 0.05) is 16.7 Å². The molecule has 2 aliphatic heterocycles. The highest BCUT2D eigenvalue weighted by atomic mass is 32.2. The number of hydrogen-bond acceptors (Lipinski definition) is 10. The Morgan fingerprint density at radius 1 is 0.923 bits per heavy atom. The summed E-state index contributed by atoms with van der Waals surface area (Å²) in [6, 6.07) is 12.3. The van der Waals surface area contributed by atoms with Gasteiger partial charge in [0.2, 0.25) is 0 Å². The molecule has 1 amide bonds. The summed E-state index contributed by atoms with van der Waals surface area (Å²) in [4.78, 5) is 41.6. The maximum atomic E-state index is 14.1. The van der Waals surface area contributed by atoms with Crippen LogP contribution in [0.3, 0.4) is 0 Å². The molecule has 0 bridgehead atoms. The van der Waals surface area contributed by atoms with Crippen molar-refractivity contribution in [1.82, 2.24) is 0 Å². The van der Waals surface area contributed by atoms with Crippen LogP contribution in [0.25, 0.3) is 5.57 Å². The third-order valence-electron chi connectivity index (χ3n) is 6.22. The van der Waals surface area contributed by atoms with E-state index in [0.717, 1.165) is 23.5 Å². The summed E-state index contributed by atoms with van der Waals surface area (Å²) >= 11 is 8.25. The summed E-state index contributed by atoms with van der Waals surface area (Å²) in [7, 11) is 4.07. The number of fused-ring (bicyclic) bond motifs is 1. The Morgan fingerprint density at radius 3 is 2.03 bits per heavy atom. The van der Waals surface area contributed by atoms with Gasteiger partial charge in [-0.15, -0.1) is 0 Å². The monoisotopic (exact) mass is 585 g/mol. The van der Waals surface area contributed by atoms with Crippen LogP contribution in [-0.2, 0) is 19.1 Å². The standard InChI is InChI=1S/C28H27NO7S3/c1-7-36-18-10-8-9-17-19(27-38-21(25(31)34-5)22(39-27)26(32)35-6)23(37)28(2,3)29(20(17)18)24(30)15-11-13-16(33-4)14-12-15/h8-14H,7H2,1-6H3. The molecule has 8 nitrogen and oxygen atoms in total. The third kappa shape index (κ3) is 5.06. The van der Waals surface area contributed by atoms with E-state index in [9.17, 15) is 14.4 Å². The van der Waals surface area contributed by atoms with Crippen LogP contribution in [0.1, 0.15) is 36.7 Å². The summed E-state index contributed by atoms with van der Waals surface area (Å²) < 4.78 is 21.7. The van der Waals surface area contributed by atoms with Crippen LogP contribution in [-0.4, -0.2) is 56.2 Å². The highest BCUT2D eigenvalue weighted by molar-refractivity contribution is 8.29. The number of carbonyl (C=O) groups is 3. The van der Waals surface area contributed by atoms with Gasteiger partial charge in [0.15, 0.2) is 0 Å². The summed E-state index contributed by atoms with van der Waals surface area (Å²) in [5.74, 6) is -0.424. The molecule has 0 unspecified atom stereocenters. The minimum Gasteiger partial charge on any atom is -0.497 e. The molecule has 0 aromatic heterocycles. The number of carbonyl (C=O) groups excluding carboxylic acids is 3. The van der Waals surface area contributed by atoms with Gasteiger partial charge in [-0.3, -0.25) is 9.69 Å². The van der Waals surface area contributed by atoms with Crippen molar-refractivity contribution in [2.24, 2.45) is 0 Å². The number of rotatable bonds is 6. The second-order valence-electron chi connectivity index (χ2n) is 8.85. The van der Waals surface area contributed by atoms with E-state index in [0.29, 0.717) is 49.6 Å². The van der Waals surface area contributed by atoms with E-state index in [1.54, 1.807) is 42.3 Å². The Bertz CT molecular complexity index is 1400. The van der Waals surface area contributed by atoms with E-state index in [2.05, 4.69) is 0 Å². The summed E-state index contributed by atoms with van der Waals surface area (Å²) in [6.07, 6.45) is 0. The molecule has 2 aromatic carbocycles. The zero-order valence-electron chi connectivity index (χ0n) is 22.3. The molecule has 0 N–H and O–H groups in total. The van der Waals surface area contributed by atoms with Gasteiger partial charge in [-0.1, -0.05) is 47.9 Å². The molecular weight excluding hydrogens is 559 g/mol. The Morgan fingerprint density at radius 2 is 1.51 bits per heavy atom. The predicted molar refractivity (Wildman–Crippen MR) is 157 cm³/mol. The van der Waals surface area contributed by atoms with E-state index in [1.807, 2.05) is 32.9 Å². The third-order valence-corrected chi connectivity index (χ3v) is 9.48. The van der Waals surface area contributed by atoms with Crippen LogP contribution < -0.4 is 14.4 Å². The fourth-order valence-electron chi connectivity index (χ4n) is 4.31. The normalized spacial score (nSPS) is 16.2. The van der Waals surface area contributed by atoms with Crippen molar-refractivity contribution < 1.29 is 33.3 Å². The van der Waals surface area contributed by atoms with Gasteiger partial charge >= 0.3 is 11.9 Å². The molecule has 2 heterocycles. The molecule has 0 saturated carbocycles. The molecule has 0 saturated heterocycles. The number of benzene rings is 2. The minimum atomic E-state index is -0.991. The van der Waals surface area contributed by atoms with E-state index in [4.69, 9.17) is 31.2 Å². The first-order valence-corrected chi connectivity index (χ1v) is 13.9. The van der Waals surface area contributed by atoms with Gasteiger partial charge < -0.3 is 18.9 Å². The van der Waals surface area contributed by atoms with Crippen molar-refractivity contribution >= 4 is 69.7 Å². The lowest BCUT2D eigenvalue weighted by Crippen LogP contribution is -2.56. The Balaban J connectivity index is 1.94. The second-order valence-corrected chi connectivity index (χ2v) is 11.6. The Kier molecular flexibility index (Phi) is 8.43. The number of thioether (sulfide) groups is 2. The number of thiocarbonyl (C=S) groups is 1.